The molecule has 2 fully saturated rings. The molecule has 2 aliphatic heterocycles. The van der Waals surface area contributed by atoms with E-state index in [2.05, 4.69) is 62.7 Å². The topological polar surface area (TPSA) is 52.1 Å². The number of piperazine rings is 1. The highest BCUT2D eigenvalue weighted by molar-refractivity contribution is 5.79. The lowest BCUT2D eigenvalue weighted by Gasteiger charge is -2.34. The Hall–Kier alpha value is -1.63. The Bertz CT molecular complexity index is 551. The maximum atomic E-state index is 5.66. The molecule has 1 atom stereocenters. The number of nitrogens with zero attached hydrogens (tertiary/aromatic N) is 3. The first-order valence-corrected chi connectivity index (χ1v) is 10.5. The fourth-order valence-electron chi connectivity index (χ4n) is 3.67. The van der Waals surface area contributed by atoms with Crippen LogP contribution in [0.1, 0.15) is 25.3 Å². The van der Waals surface area contributed by atoms with Crippen molar-refractivity contribution in [3.63, 3.8) is 0 Å². The van der Waals surface area contributed by atoms with Gasteiger partial charge in [0.2, 0.25) is 0 Å². The van der Waals surface area contributed by atoms with Crippen LogP contribution in [0.25, 0.3) is 0 Å². The second kappa shape index (κ2) is 11.3. The van der Waals surface area contributed by atoms with Crippen LogP contribution < -0.4 is 10.6 Å². The van der Waals surface area contributed by atoms with Crippen LogP contribution in [0.3, 0.4) is 0 Å². The van der Waals surface area contributed by atoms with Gasteiger partial charge >= 0.3 is 0 Å². The highest BCUT2D eigenvalue weighted by Crippen LogP contribution is 2.11. The third-order valence-electron chi connectivity index (χ3n) is 5.26. The molecule has 0 aromatic heterocycles. The van der Waals surface area contributed by atoms with E-state index < -0.39 is 0 Å². The second-order valence-electron chi connectivity index (χ2n) is 7.38. The van der Waals surface area contributed by atoms with Gasteiger partial charge in [-0.25, -0.2) is 0 Å². The highest BCUT2D eigenvalue weighted by Gasteiger charge is 2.17. The Kier molecular flexibility index (Phi) is 8.39. The number of nitrogens with one attached hydrogen (secondary N) is 2. The second-order valence-corrected chi connectivity index (χ2v) is 7.38. The lowest BCUT2D eigenvalue weighted by atomic mass is 10.2. The van der Waals surface area contributed by atoms with E-state index in [0.29, 0.717) is 6.10 Å². The van der Waals surface area contributed by atoms with Gasteiger partial charge in [0, 0.05) is 59.0 Å². The number of ether oxygens (including phenoxy) is 1. The van der Waals surface area contributed by atoms with Crippen molar-refractivity contribution in [1.29, 1.82) is 0 Å². The van der Waals surface area contributed by atoms with Crippen molar-refractivity contribution in [2.45, 2.75) is 32.4 Å². The first-order chi connectivity index (χ1) is 13.3. The minimum Gasteiger partial charge on any atom is -0.376 e. The molecule has 0 bridgehead atoms. The van der Waals surface area contributed by atoms with E-state index in [0.717, 1.165) is 77.9 Å². The summed E-state index contributed by atoms with van der Waals surface area (Å²) in [5.74, 6) is 0.913. The van der Waals surface area contributed by atoms with Crippen LogP contribution >= 0.6 is 0 Å². The minimum atomic E-state index is 0.304. The molecular weight excluding hydrogens is 338 g/mol. The summed E-state index contributed by atoms with van der Waals surface area (Å²) < 4.78 is 5.66. The van der Waals surface area contributed by atoms with Gasteiger partial charge in [-0.15, -0.1) is 0 Å². The fourth-order valence-corrected chi connectivity index (χ4v) is 3.67. The van der Waals surface area contributed by atoms with Gasteiger partial charge < -0.3 is 15.4 Å². The Balaban J connectivity index is 1.33. The molecule has 0 spiro atoms. The number of guanidine groups is 1. The molecule has 0 aliphatic carbocycles. The predicted molar refractivity (Wildman–Crippen MR) is 111 cm³/mol. The molecule has 6 nitrogen and oxygen atoms in total. The maximum absolute atomic E-state index is 5.66. The molecule has 2 aliphatic rings. The van der Waals surface area contributed by atoms with Crippen LogP contribution in [-0.2, 0) is 11.3 Å². The van der Waals surface area contributed by atoms with Gasteiger partial charge in [0.15, 0.2) is 5.96 Å². The monoisotopic (exact) mass is 373 g/mol. The molecule has 2 saturated heterocycles. The van der Waals surface area contributed by atoms with E-state index in [1.54, 1.807) is 0 Å². The Morgan fingerprint density at radius 3 is 2.59 bits per heavy atom. The van der Waals surface area contributed by atoms with Crippen molar-refractivity contribution in [3.05, 3.63) is 35.9 Å². The SMILES string of the molecule is CCNC(=NCC1CCCO1)NCCN1CCN(Cc2ccccc2)CC1. The number of aliphatic imine (C=N–C) groups is 1. The van der Waals surface area contributed by atoms with Crippen LogP contribution in [0.4, 0.5) is 0 Å². The molecule has 1 aromatic carbocycles. The number of benzene rings is 1. The van der Waals surface area contributed by atoms with Crippen molar-refractivity contribution < 1.29 is 4.74 Å². The zero-order chi connectivity index (χ0) is 18.7. The molecule has 0 saturated carbocycles. The van der Waals surface area contributed by atoms with Gasteiger partial charge in [-0.05, 0) is 25.3 Å². The summed E-state index contributed by atoms with van der Waals surface area (Å²) in [6.45, 7) is 12.2. The smallest absolute Gasteiger partial charge is 0.191 e. The van der Waals surface area contributed by atoms with Gasteiger partial charge in [0.25, 0.3) is 0 Å². The van der Waals surface area contributed by atoms with Crippen LogP contribution in [-0.4, -0.2) is 80.8 Å². The van der Waals surface area contributed by atoms with Crippen molar-refractivity contribution in [3.8, 4) is 0 Å². The van der Waals surface area contributed by atoms with E-state index in [1.807, 2.05) is 0 Å². The van der Waals surface area contributed by atoms with Gasteiger partial charge in [-0.3, -0.25) is 14.8 Å². The van der Waals surface area contributed by atoms with Crippen LogP contribution in [0.5, 0.6) is 0 Å². The molecule has 27 heavy (non-hydrogen) atoms. The number of hydrogen-bond acceptors (Lipinski definition) is 4. The van der Waals surface area contributed by atoms with E-state index in [4.69, 9.17) is 4.74 Å². The van der Waals surface area contributed by atoms with Crippen molar-refractivity contribution in [2.24, 2.45) is 4.99 Å². The average molecular weight is 374 g/mol. The maximum Gasteiger partial charge on any atom is 0.191 e. The van der Waals surface area contributed by atoms with Crippen LogP contribution in [0.2, 0.25) is 0 Å². The molecule has 1 unspecified atom stereocenters. The Labute approximate surface area is 164 Å². The first-order valence-electron chi connectivity index (χ1n) is 10.5. The molecule has 1 aromatic rings. The van der Waals surface area contributed by atoms with E-state index in [9.17, 15) is 0 Å². The standard InChI is InChI=1S/C21H35N5O/c1-2-22-21(24-17-20-9-6-16-27-20)23-10-11-25-12-14-26(15-13-25)18-19-7-4-3-5-8-19/h3-5,7-8,20H,2,6,9-18H2,1H3,(H2,22,23,24). The van der Waals surface area contributed by atoms with Gasteiger partial charge in [-0.2, -0.15) is 0 Å². The third kappa shape index (κ3) is 7.13. The molecular formula is C21H35N5O. The summed E-state index contributed by atoms with van der Waals surface area (Å²) in [6, 6.07) is 10.8. The van der Waals surface area contributed by atoms with Crippen molar-refractivity contribution >= 4 is 5.96 Å². The van der Waals surface area contributed by atoms with Gasteiger partial charge in [0.05, 0.1) is 12.6 Å². The third-order valence-corrected chi connectivity index (χ3v) is 5.26. The molecule has 2 N–H and O–H groups in total. The molecule has 0 amide bonds. The fraction of sp³-hybridized carbons (Fsp3) is 0.667. The molecule has 150 valence electrons. The van der Waals surface area contributed by atoms with E-state index >= 15 is 0 Å². The summed E-state index contributed by atoms with van der Waals surface area (Å²) in [6.07, 6.45) is 2.61. The Morgan fingerprint density at radius 2 is 1.89 bits per heavy atom. The predicted octanol–water partition coefficient (Wildman–Crippen LogP) is 1.54. The van der Waals surface area contributed by atoms with Crippen LogP contribution in [0.15, 0.2) is 35.3 Å². The first kappa shape index (κ1) is 20.1. The minimum absolute atomic E-state index is 0.304. The van der Waals surface area contributed by atoms with E-state index in [1.165, 1.54) is 12.0 Å². The molecule has 6 heteroatoms. The highest BCUT2D eigenvalue weighted by atomic mass is 16.5. The summed E-state index contributed by atoms with van der Waals surface area (Å²) in [7, 11) is 0. The van der Waals surface area contributed by atoms with Gasteiger partial charge in [0.1, 0.15) is 0 Å². The van der Waals surface area contributed by atoms with Crippen molar-refractivity contribution in [2.75, 3.05) is 59.0 Å². The van der Waals surface area contributed by atoms with Crippen LogP contribution in [0, 0.1) is 0 Å². The molecule has 3 rings (SSSR count). The average Bonchev–Trinajstić information content (AvgIpc) is 3.22. The van der Waals surface area contributed by atoms with E-state index in [-0.39, 0.29) is 0 Å². The number of rotatable bonds is 8. The summed E-state index contributed by atoms with van der Waals surface area (Å²) in [5.41, 5.74) is 1.41. The normalized spacial score (nSPS) is 22.1. The lowest BCUT2D eigenvalue weighted by Crippen LogP contribution is -2.49. The molecule has 0 radical (unpaired) electrons. The summed E-state index contributed by atoms with van der Waals surface area (Å²) >= 11 is 0. The largest absolute Gasteiger partial charge is 0.376 e. The summed E-state index contributed by atoms with van der Waals surface area (Å²) in [4.78, 5) is 9.77. The quantitative estimate of drug-likeness (QED) is 0.535. The van der Waals surface area contributed by atoms with Crippen molar-refractivity contribution in [1.82, 2.24) is 20.4 Å². The Morgan fingerprint density at radius 1 is 1.11 bits per heavy atom. The number of hydrogen-bond donors (Lipinski definition) is 2. The zero-order valence-corrected chi connectivity index (χ0v) is 16.7. The van der Waals surface area contributed by atoms with Gasteiger partial charge in [-0.1, -0.05) is 30.3 Å². The molecule has 2 heterocycles. The zero-order valence-electron chi connectivity index (χ0n) is 16.7. The summed E-state index contributed by atoms with van der Waals surface area (Å²) in [5, 5.41) is 6.81. The lowest BCUT2D eigenvalue weighted by molar-refractivity contribution is 0.117.